The maximum Gasteiger partial charge on any atom is 0.131 e. The van der Waals surface area contributed by atoms with E-state index in [0.29, 0.717) is 11.8 Å². The third kappa shape index (κ3) is 3.54. The average Bonchev–Trinajstić information content (AvgIpc) is 2.83. The second kappa shape index (κ2) is 8.10. The van der Waals surface area contributed by atoms with E-state index in [1.54, 1.807) is 7.11 Å². The molecule has 160 valence electrons. The molecular weight excluding hydrogens is 384 g/mol. The Morgan fingerprint density at radius 3 is 2.77 bits per heavy atom. The molecule has 0 amide bonds. The van der Waals surface area contributed by atoms with Crippen LogP contribution in [0.15, 0.2) is 73.4 Å². The Kier molecular flexibility index (Phi) is 5.28. The van der Waals surface area contributed by atoms with E-state index >= 15 is 0 Å². The van der Waals surface area contributed by atoms with Crippen LogP contribution in [0.2, 0.25) is 0 Å². The third-order valence-electron chi connectivity index (χ3n) is 7.70. The van der Waals surface area contributed by atoms with E-state index < -0.39 is 6.10 Å². The number of rotatable bonds is 6. The van der Waals surface area contributed by atoms with E-state index in [0.717, 1.165) is 52.8 Å². The van der Waals surface area contributed by atoms with Crippen LogP contribution in [0.25, 0.3) is 10.9 Å². The average molecular weight is 416 g/mol. The van der Waals surface area contributed by atoms with Gasteiger partial charge in [-0.2, -0.15) is 0 Å². The first-order valence-electron chi connectivity index (χ1n) is 11.3. The lowest BCUT2D eigenvalue weighted by molar-refractivity contribution is -0.984. The SMILES string of the molecule is C=C[C@H]1C[N@+]2(Cc3ccc(OC)cc3)CC[C@H]1C[C@@H]2[C@H](O)c1ccnc2ccccc12. The fourth-order valence-corrected chi connectivity index (χ4v) is 6.06. The smallest absolute Gasteiger partial charge is 0.131 e. The van der Waals surface area contributed by atoms with Crippen molar-refractivity contribution in [2.24, 2.45) is 11.8 Å². The van der Waals surface area contributed by atoms with Gasteiger partial charge in [-0.15, -0.1) is 6.58 Å². The molecule has 1 N–H and O–H groups in total. The van der Waals surface area contributed by atoms with Gasteiger partial charge in [0.15, 0.2) is 0 Å². The topological polar surface area (TPSA) is 42.4 Å². The molecule has 3 aromatic rings. The lowest BCUT2D eigenvalue weighted by Gasteiger charge is -2.58. The number of piperidine rings is 3. The first kappa shape index (κ1) is 20.2. The number of ether oxygens (including phenoxy) is 1. The molecule has 4 nitrogen and oxygen atoms in total. The summed E-state index contributed by atoms with van der Waals surface area (Å²) < 4.78 is 6.26. The van der Waals surface area contributed by atoms with Crippen LogP contribution in [0.5, 0.6) is 5.75 Å². The largest absolute Gasteiger partial charge is 0.497 e. The molecule has 3 aliphatic rings. The van der Waals surface area contributed by atoms with Crippen molar-refractivity contribution in [2.45, 2.75) is 31.5 Å². The molecule has 6 rings (SSSR count). The highest BCUT2D eigenvalue weighted by molar-refractivity contribution is 5.82. The highest BCUT2D eigenvalue weighted by atomic mass is 16.5. The highest BCUT2D eigenvalue weighted by Crippen LogP contribution is 2.48. The van der Waals surface area contributed by atoms with Crippen LogP contribution in [-0.4, -0.2) is 40.8 Å². The number of methoxy groups -OCH3 is 1. The summed E-state index contributed by atoms with van der Waals surface area (Å²) in [6.07, 6.45) is 5.70. The molecule has 4 heteroatoms. The number of benzene rings is 2. The van der Waals surface area contributed by atoms with Crippen LogP contribution in [0.4, 0.5) is 0 Å². The first-order chi connectivity index (χ1) is 15.1. The van der Waals surface area contributed by atoms with Crippen LogP contribution >= 0.6 is 0 Å². The van der Waals surface area contributed by atoms with Crippen molar-refractivity contribution >= 4 is 10.9 Å². The number of aromatic nitrogens is 1. The number of fused-ring (bicyclic) bond motifs is 4. The number of pyridine rings is 1. The molecule has 3 saturated heterocycles. The van der Waals surface area contributed by atoms with Crippen molar-refractivity contribution < 1.29 is 14.3 Å². The molecule has 0 saturated carbocycles. The van der Waals surface area contributed by atoms with Crippen LogP contribution in [0.3, 0.4) is 0 Å². The Morgan fingerprint density at radius 2 is 2.00 bits per heavy atom. The normalized spacial score (nSPS) is 28.4. The van der Waals surface area contributed by atoms with Gasteiger partial charge in [0.2, 0.25) is 0 Å². The summed E-state index contributed by atoms with van der Waals surface area (Å²) in [5, 5.41) is 12.8. The Bertz CT molecular complexity index is 1070. The zero-order valence-electron chi connectivity index (χ0n) is 18.2. The Balaban J connectivity index is 1.53. The van der Waals surface area contributed by atoms with Gasteiger partial charge in [-0.05, 0) is 47.9 Å². The standard InChI is InChI=1S/C27H31N2O2/c1-3-20-18-29(17-19-8-10-22(31-2)11-9-19)15-13-21(20)16-26(29)27(30)24-12-14-28-25-7-5-4-6-23(24)25/h3-12,14,20-21,26-27,30H,1,13,15-18H2,2H3/q+1/t20-,21-,26+,27+,29+/m0/s1. The lowest BCUT2D eigenvalue weighted by atomic mass is 9.71. The van der Waals surface area contributed by atoms with Gasteiger partial charge in [0.1, 0.15) is 24.4 Å². The molecule has 3 fully saturated rings. The van der Waals surface area contributed by atoms with E-state index in [1.807, 2.05) is 42.6 Å². The molecule has 2 aromatic carbocycles. The molecule has 2 bridgehead atoms. The van der Waals surface area contributed by atoms with Gasteiger partial charge < -0.3 is 14.3 Å². The lowest BCUT2D eigenvalue weighted by Crippen LogP contribution is -2.67. The van der Waals surface area contributed by atoms with Gasteiger partial charge >= 0.3 is 0 Å². The number of aliphatic hydroxyl groups is 1. The summed E-state index contributed by atoms with van der Waals surface area (Å²) >= 11 is 0. The van der Waals surface area contributed by atoms with Gasteiger partial charge in [-0.25, -0.2) is 0 Å². The Labute approximate surface area is 184 Å². The summed E-state index contributed by atoms with van der Waals surface area (Å²) in [5.74, 6) is 2.01. The van der Waals surface area contributed by atoms with Crippen molar-refractivity contribution in [3.8, 4) is 5.75 Å². The fourth-order valence-electron chi connectivity index (χ4n) is 6.06. The summed E-state index contributed by atoms with van der Waals surface area (Å²) in [5.41, 5.74) is 3.24. The Hall–Kier alpha value is -2.69. The summed E-state index contributed by atoms with van der Waals surface area (Å²) in [4.78, 5) is 4.50. The molecular formula is C27H31N2O2+. The molecule has 3 aliphatic heterocycles. The van der Waals surface area contributed by atoms with Crippen molar-refractivity contribution in [1.29, 1.82) is 0 Å². The predicted molar refractivity (Wildman–Crippen MR) is 124 cm³/mol. The highest BCUT2D eigenvalue weighted by Gasteiger charge is 2.53. The first-order valence-corrected chi connectivity index (χ1v) is 11.3. The van der Waals surface area contributed by atoms with Crippen LogP contribution in [-0.2, 0) is 6.54 Å². The third-order valence-corrected chi connectivity index (χ3v) is 7.70. The molecule has 0 radical (unpaired) electrons. The monoisotopic (exact) mass is 415 g/mol. The molecule has 31 heavy (non-hydrogen) atoms. The number of aliphatic hydroxyl groups excluding tert-OH is 1. The van der Waals surface area contributed by atoms with Crippen LogP contribution in [0.1, 0.15) is 30.1 Å². The van der Waals surface area contributed by atoms with Gasteiger partial charge in [0.05, 0.1) is 25.7 Å². The molecule has 4 heterocycles. The van der Waals surface area contributed by atoms with E-state index in [2.05, 4.69) is 35.8 Å². The number of hydrogen-bond donors (Lipinski definition) is 1. The molecule has 0 spiro atoms. The summed E-state index contributed by atoms with van der Waals surface area (Å²) in [7, 11) is 1.70. The van der Waals surface area contributed by atoms with Crippen LogP contribution < -0.4 is 4.74 Å². The van der Waals surface area contributed by atoms with Gasteiger partial charge in [0.25, 0.3) is 0 Å². The number of quaternary nitrogens is 1. The minimum Gasteiger partial charge on any atom is -0.497 e. The number of nitrogens with zero attached hydrogens (tertiary/aromatic N) is 2. The van der Waals surface area contributed by atoms with E-state index in [1.165, 1.54) is 12.0 Å². The van der Waals surface area contributed by atoms with Crippen molar-refractivity contribution in [3.63, 3.8) is 0 Å². The molecule has 0 unspecified atom stereocenters. The fraction of sp³-hybridized carbons (Fsp3) is 0.370. The number of hydrogen-bond acceptors (Lipinski definition) is 3. The predicted octanol–water partition coefficient (Wildman–Crippen LogP) is 4.89. The second-order valence-corrected chi connectivity index (χ2v) is 9.24. The van der Waals surface area contributed by atoms with Crippen LogP contribution in [0, 0.1) is 11.8 Å². The zero-order valence-corrected chi connectivity index (χ0v) is 18.2. The summed E-state index contributed by atoms with van der Waals surface area (Å²) in [6.45, 7) is 7.21. The van der Waals surface area contributed by atoms with Gasteiger partial charge in [-0.1, -0.05) is 24.3 Å². The van der Waals surface area contributed by atoms with E-state index in [-0.39, 0.29) is 6.04 Å². The van der Waals surface area contributed by atoms with Gasteiger partial charge in [0, 0.05) is 35.9 Å². The van der Waals surface area contributed by atoms with Crippen molar-refractivity contribution in [3.05, 3.63) is 84.6 Å². The number of para-hydroxylation sites is 1. The van der Waals surface area contributed by atoms with Crippen molar-refractivity contribution in [1.82, 2.24) is 4.98 Å². The van der Waals surface area contributed by atoms with Gasteiger partial charge in [-0.3, -0.25) is 4.98 Å². The van der Waals surface area contributed by atoms with Crippen molar-refractivity contribution in [2.75, 3.05) is 20.2 Å². The second-order valence-electron chi connectivity index (χ2n) is 9.24. The molecule has 0 aliphatic carbocycles. The zero-order chi connectivity index (χ0) is 21.4. The maximum atomic E-state index is 11.8. The minimum absolute atomic E-state index is 0.169. The Morgan fingerprint density at radius 1 is 1.19 bits per heavy atom. The van der Waals surface area contributed by atoms with E-state index in [9.17, 15) is 5.11 Å². The molecule has 1 aromatic heterocycles. The molecule has 5 atom stereocenters. The quantitative estimate of drug-likeness (QED) is 0.460. The minimum atomic E-state index is -0.514. The van der Waals surface area contributed by atoms with E-state index in [4.69, 9.17) is 4.74 Å². The summed E-state index contributed by atoms with van der Waals surface area (Å²) in [6, 6.07) is 18.7. The maximum absolute atomic E-state index is 11.8.